The maximum atomic E-state index is 13.1. The standard InChI is InChI=1S/C20H23NO4S/c1-5-15-12-21(26(22,23)18-8-6-14(2)7-9-18)13-16-10-17(24-3)11-19(25-4)20(15)16/h5-11,15H,1,12-13H2,2-4H3. The summed E-state index contributed by atoms with van der Waals surface area (Å²) < 4.78 is 38.6. The summed E-state index contributed by atoms with van der Waals surface area (Å²) in [4.78, 5) is 0.296. The van der Waals surface area contributed by atoms with E-state index in [1.807, 2.05) is 31.2 Å². The van der Waals surface area contributed by atoms with E-state index < -0.39 is 10.0 Å². The highest BCUT2D eigenvalue weighted by molar-refractivity contribution is 7.89. The number of fused-ring (bicyclic) bond motifs is 1. The van der Waals surface area contributed by atoms with Crippen molar-refractivity contribution >= 4 is 10.0 Å². The molecule has 0 fully saturated rings. The van der Waals surface area contributed by atoms with Crippen LogP contribution in [0.3, 0.4) is 0 Å². The van der Waals surface area contributed by atoms with Gasteiger partial charge in [0, 0.05) is 30.6 Å². The second-order valence-electron chi connectivity index (χ2n) is 6.36. The number of aryl methyl sites for hydroxylation is 1. The highest BCUT2D eigenvalue weighted by Crippen LogP contribution is 2.40. The van der Waals surface area contributed by atoms with Crippen molar-refractivity contribution in [3.63, 3.8) is 0 Å². The van der Waals surface area contributed by atoms with E-state index in [9.17, 15) is 8.42 Å². The van der Waals surface area contributed by atoms with Crippen LogP contribution < -0.4 is 9.47 Å². The Morgan fingerprint density at radius 1 is 1.15 bits per heavy atom. The fourth-order valence-electron chi connectivity index (χ4n) is 3.29. The smallest absolute Gasteiger partial charge is 0.243 e. The van der Waals surface area contributed by atoms with Crippen LogP contribution in [0, 0.1) is 6.92 Å². The van der Waals surface area contributed by atoms with Gasteiger partial charge in [0.25, 0.3) is 0 Å². The van der Waals surface area contributed by atoms with Gasteiger partial charge < -0.3 is 9.47 Å². The van der Waals surface area contributed by atoms with Crippen molar-refractivity contribution in [2.24, 2.45) is 0 Å². The highest BCUT2D eigenvalue weighted by Gasteiger charge is 2.34. The van der Waals surface area contributed by atoms with Gasteiger partial charge in [0.1, 0.15) is 11.5 Å². The van der Waals surface area contributed by atoms with E-state index in [2.05, 4.69) is 6.58 Å². The molecule has 5 nitrogen and oxygen atoms in total. The van der Waals surface area contributed by atoms with Crippen LogP contribution >= 0.6 is 0 Å². The summed E-state index contributed by atoms with van der Waals surface area (Å²) in [5.74, 6) is 1.18. The fourth-order valence-corrected chi connectivity index (χ4v) is 4.74. The minimum atomic E-state index is -3.60. The molecule has 0 N–H and O–H groups in total. The molecule has 1 heterocycles. The SMILES string of the molecule is C=CC1CN(S(=O)(=O)c2ccc(C)cc2)Cc2cc(OC)cc(OC)c21. The topological polar surface area (TPSA) is 55.8 Å². The summed E-state index contributed by atoms with van der Waals surface area (Å²) >= 11 is 0. The van der Waals surface area contributed by atoms with Gasteiger partial charge in [-0.05, 0) is 30.7 Å². The molecule has 2 aromatic carbocycles. The molecule has 0 saturated carbocycles. The first-order valence-electron chi connectivity index (χ1n) is 8.35. The number of sulfonamides is 1. The van der Waals surface area contributed by atoms with E-state index >= 15 is 0 Å². The molecule has 0 spiro atoms. The number of nitrogens with zero attached hydrogens (tertiary/aromatic N) is 1. The van der Waals surface area contributed by atoms with Crippen LogP contribution in [-0.2, 0) is 16.6 Å². The third-order valence-electron chi connectivity index (χ3n) is 4.72. The summed E-state index contributed by atoms with van der Waals surface area (Å²) in [6.07, 6.45) is 1.77. The zero-order chi connectivity index (χ0) is 18.9. The van der Waals surface area contributed by atoms with Gasteiger partial charge >= 0.3 is 0 Å². The van der Waals surface area contributed by atoms with Crippen LogP contribution in [-0.4, -0.2) is 33.5 Å². The Bertz CT molecular complexity index is 920. The monoisotopic (exact) mass is 373 g/mol. The van der Waals surface area contributed by atoms with Gasteiger partial charge in [0.15, 0.2) is 0 Å². The lowest BCUT2D eigenvalue weighted by molar-refractivity contribution is 0.350. The van der Waals surface area contributed by atoms with Crippen LogP contribution in [0.5, 0.6) is 11.5 Å². The average Bonchev–Trinajstić information content (AvgIpc) is 2.66. The lowest BCUT2D eigenvalue weighted by atomic mass is 9.89. The first kappa shape index (κ1) is 18.5. The largest absolute Gasteiger partial charge is 0.497 e. The van der Waals surface area contributed by atoms with Crippen LogP contribution in [0.4, 0.5) is 0 Å². The minimum Gasteiger partial charge on any atom is -0.497 e. The van der Waals surface area contributed by atoms with Crippen LogP contribution in [0.2, 0.25) is 0 Å². The van der Waals surface area contributed by atoms with Gasteiger partial charge in [0.2, 0.25) is 10.0 Å². The molecule has 0 amide bonds. The van der Waals surface area contributed by atoms with E-state index in [-0.39, 0.29) is 12.5 Å². The van der Waals surface area contributed by atoms with Crippen LogP contribution in [0.1, 0.15) is 22.6 Å². The Balaban J connectivity index is 2.06. The van der Waals surface area contributed by atoms with Crippen molar-refractivity contribution in [3.8, 4) is 11.5 Å². The molecular weight excluding hydrogens is 350 g/mol. The lowest BCUT2D eigenvalue weighted by Crippen LogP contribution is -2.38. The molecular formula is C20H23NO4S. The number of methoxy groups -OCH3 is 2. The molecule has 1 atom stereocenters. The van der Waals surface area contributed by atoms with Crippen LogP contribution in [0.25, 0.3) is 0 Å². The number of ether oxygens (including phenoxy) is 2. The summed E-state index contributed by atoms with van der Waals surface area (Å²) in [5.41, 5.74) is 2.86. The molecule has 2 aromatic rings. The van der Waals surface area contributed by atoms with Crippen molar-refractivity contribution in [1.29, 1.82) is 0 Å². The van der Waals surface area contributed by atoms with E-state index in [4.69, 9.17) is 9.47 Å². The molecule has 0 radical (unpaired) electrons. The van der Waals surface area contributed by atoms with E-state index in [0.717, 1.165) is 16.7 Å². The predicted molar refractivity (Wildman–Crippen MR) is 101 cm³/mol. The van der Waals surface area contributed by atoms with E-state index in [1.54, 1.807) is 32.4 Å². The Labute approximate surface area is 154 Å². The number of rotatable bonds is 5. The van der Waals surface area contributed by atoms with Gasteiger partial charge in [-0.1, -0.05) is 23.8 Å². The number of hydrogen-bond acceptors (Lipinski definition) is 4. The Kier molecular flexibility index (Phi) is 5.07. The summed E-state index contributed by atoms with van der Waals surface area (Å²) in [6, 6.07) is 10.6. The Morgan fingerprint density at radius 2 is 1.85 bits per heavy atom. The second-order valence-corrected chi connectivity index (χ2v) is 8.29. The van der Waals surface area contributed by atoms with Gasteiger partial charge in [-0.2, -0.15) is 4.31 Å². The molecule has 0 saturated heterocycles. The zero-order valence-electron chi connectivity index (χ0n) is 15.2. The fraction of sp³-hybridized carbons (Fsp3) is 0.300. The zero-order valence-corrected chi connectivity index (χ0v) is 16.0. The third-order valence-corrected chi connectivity index (χ3v) is 6.54. The maximum Gasteiger partial charge on any atom is 0.243 e. The molecule has 3 rings (SSSR count). The molecule has 0 aliphatic carbocycles. The maximum absolute atomic E-state index is 13.1. The first-order chi connectivity index (χ1) is 12.4. The molecule has 0 bridgehead atoms. The van der Waals surface area contributed by atoms with Crippen molar-refractivity contribution in [1.82, 2.24) is 4.31 Å². The average molecular weight is 373 g/mol. The van der Waals surface area contributed by atoms with E-state index in [1.165, 1.54) is 4.31 Å². The molecule has 1 unspecified atom stereocenters. The summed E-state index contributed by atoms with van der Waals surface area (Å²) in [5, 5.41) is 0. The van der Waals surface area contributed by atoms with E-state index in [0.29, 0.717) is 22.9 Å². The van der Waals surface area contributed by atoms with Gasteiger partial charge in [-0.15, -0.1) is 6.58 Å². The molecule has 138 valence electrons. The van der Waals surface area contributed by atoms with Crippen LogP contribution in [0.15, 0.2) is 53.9 Å². The third kappa shape index (κ3) is 3.22. The predicted octanol–water partition coefficient (Wildman–Crippen LogP) is 3.49. The van der Waals surface area contributed by atoms with Crippen molar-refractivity contribution in [3.05, 3.63) is 65.7 Å². The Hall–Kier alpha value is -2.31. The van der Waals surface area contributed by atoms with Crippen molar-refractivity contribution in [2.45, 2.75) is 24.3 Å². The Morgan fingerprint density at radius 3 is 2.42 bits per heavy atom. The second kappa shape index (κ2) is 7.13. The summed E-state index contributed by atoms with van der Waals surface area (Å²) in [7, 11) is -0.419. The number of hydrogen-bond donors (Lipinski definition) is 0. The molecule has 0 aromatic heterocycles. The lowest BCUT2D eigenvalue weighted by Gasteiger charge is -2.33. The summed E-state index contributed by atoms with van der Waals surface area (Å²) in [6.45, 7) is 6.42. The van der Waals surface area contributed by atoms with Gasteiger partial charge in [-0.3, -0.25) is 0 Å². The van der Waals surface area contributed by atoms with Crippen molar-refractivity contribution in [2.75, 3.05) is 20.8 Å². The van der Waals surface area contributed by atoms with Crippen molar-refractivity contribution < 1.29 is 17.9 Å². The quantitative estimate of drug-likeness (QED) is 0.753. The van der Waals surface area contributed by atoms with Gasteiger partial charge in [-0.25, -0.2) is 8.42 Å². The molecule has 26 heavy (non-hydrogen) atoms. The minimum absolute atomic E-state index is 0.153. The number of benzene rings is 2. The van der Waals surface area contributed by atoms with Gasteiger partial charge in [0.05, 0.1) is 19.1 Å². The molecule has 6 heteroatoms. The normalized spacial score (nSPS) is 17.4. The first-order valence-corrected chi connectivity index (χ1v) is 9.79. The molecule has 1 aliphatic rings. The highest BCUT2D eigenvalue weighted by atomic mass is 32.2. The molecule has 1 aliphatic heterocycles.